The van der Waals surface area contributed by atoms with E-state index in [2.05, 4.69) is 26.3 Å². The second kappa shape index (κ2) is 9.45. The minimum atomic E-state index is -0.149. The molecule has 1 N–H and O–H groups in total. The summed E-state index contributed by atoms with van der Waals surface area (Å²) in [5.74, 6) is 0.412. The summed E-state index contributed by atoms with van der Waals surface area (Å²) in [7, 11) is 0. The van der Waals surface area contributed by atoms with Gasteiger partial charge < -0.3 is 10.1 Å². The summed E-state index contributed by atoms with van der Waals surface area (Å²) in [6.07, 6.45) is 1.73. The molecule has 3 rings (SSSR count). The van der Waals surface area contributed by atoms with E-state index in [1.807, 2.05) is 23.7 Å². The van der Waals surface area contributed by atoms with Crippen LogP contribution in [0.15, 0.2) is 53.1 Å². The van der Waals surface area contributed by atoms with Gasteiger partial charge in [0.05, 0.1) is 27.9 Å². The maximum Gasteiger partial charge on any atom is 0.251 e. The number of carbonyl (C=O) groups is 1. The number of nitrogens with one attached hydrogen (secondary N) is 1. The molecule has 0 bridgehead atoms. The van der Waals surface area contributed by atoms with E-state index in [4.69, 9.17) is 27.9 Å². The molecule has 0 atom stereocenters. The Labute approximate surface area is 181 Å². The molecule has 0 aliphatic rings. The lowest BCUT2D eigenvalue weighted by Crippen LogP contribution is -2.24. The standard InChI is InChI=1S/C20H18BrCl2N3O2/c1-2-26-18(16(21)10-25-26)11-24-20(27)14-5-3-13(4-6-14)12-28-19-8-7-15(22)9-17(19)23/h3-10H,2,11-12H2,1H3,(H,24,27). The van der Waals surface area contributed by atoms with Gasteiger partial charge in [-0.3, -0.25) is 9.48 Å². The van der Waals surface area contributed by atoms with Gasteiger partial charge in [0.15, 0.2) is 0 Å². The Morgan fingerprint density at radius 2 is 1.96 bits per heavy atom. The molecule has 0 fully saturated rings. The fourth-order valence-electron chi connectivity index (χ4n) is 2.61. The molecule has 1 amide bonds. The van der Waals surface area contributed by atoms with Crippen LogP contribution in [-0.2, 0) is 19.7 Å². The van der Waals surface area contributed by atoms with Crippen LogP contribution in [0.25, 0.3) is 0 Å². The molecule has 0 radical (unpaired) electrons. The molecule has 0 saturated heterocycles. The zero-order valence-electron chi connectivity index (χ0n) is 15.1. The van der Waals surface area contributed by atoms with E-state index in [1.165, 1.54) is 0 Å². The van der Waals surface area contributed by atoms with E-state index in [9.17, 15) is 4.79 Å². The second-order valence-corrected chi connectivity index (χ2v) is 7.70. The number of benzene rings is 2. The Hall–Kier alpha value is -2.02. The van der Waals surface area contributed by atoms with Crippen LogP contribution in [0, 0.1) is 0 Å². The summed E-state index contributed by atoms with van der Waals surface area (Å²) in [5, 5.41) is 8.17. The van der Waals surface area contributed by atoms with Crippen LogP contribution in [0.4, 0.5) is 0 Å². The Morgan fingerprint density at radius 3 is 2.64 bits per heavy atom. The van der Waals surface area contributed by atoms with Crippen molar-refractivity contribution in [1.82, 2.24) is 15.1 Å². The predicted octanol–water partition coefficient (Wildman–Crippen LogP) is 5.48. The van der Waals surface area contributed by atoms with E-state index < -0.39 is 0 Å². The number of hydrogen-bond donors (Lipinski definition) is 1. The van der Waals surface area contributed by atoms with Crippen LogP contribution >= 0.6 is 39.1 Å². The van der Waals surface area contributed by atoms with E-state index in [1.54, 1.807) is 36.5 Å². The smallest absolute Gasteiger partial charge is 0.251 e. The van der Waals surface area contributed by atoms with Gasteiger partial charge in [0.1, 0.15) is 12.4 Å². The molecule has 0 unspecified atom stereocenters. The van der Waals surface area contributed by atoms with Gasteiger partial charge in [0.2, 0.25) is 0 Å². The Balaban J connectivity index is 1.57. The number of carbonyl (C=O) groups excluding carboxylic acids is 1. The number of rotatable bonds is 7. The Morgan fingerprint density at radius 1 is 1.21 bits per heavy atom. The van der Waals surface area contributed by atoms with Gasteiger partial charge in [-0.15, -0.1) is 0 Å². The van der Waals surface area contributed by atoms with Gasteiger partial charge in [0.25, 0.3) is 5.91 Å². The monoisotopic (exact) mass is 481 g/mol. The van der Waals surface area contributed by atoms with Gasteiger partial charge in [-0.2, -0.15) is 5.10 Å². The molecule has 1 aromatic heterocycles. The van der Waals surface area contributed by atoms with Gasteiger partial charge in [-0.25, -0.2) is 0 Å². The minimum Gasteiger partial charge on any atom is -0.487 e. The molecule has 3 aromatic rings. The number of amides is 1. The first-order chi connectivity index (χ1) is 13.5. The first kappa shape index (κ1) is 20.7. The highest BCUT2D eigenvalue weighted by molar-refractivity contribution is 9.10. The number of aryl methyl sites for hydroxylation is 1. The van der Waals surface area contributed by atoms with Crippen molar-refractivity contribution in [2.45, 2.75) is 26.6 Å². The lowest BCUT2D eigenvalue weighted by atomic mass is 10.1. The second-order valence-electron chi connectivity index (χ2n) is 6.00. The Kier molecular flexibility index (Phi) is 6.99. The van der Waals surface area contributed by atoms with Crippen molar-refractivity contribution in [2.75, 3.05) is 0 Å². The maximum atomic E-state index is 12.4. The molecule has 146 valence electrons. The number of aromatic nitrogens is 2. The van der Waals surface area contributed by atoms with E-state index in [-0.39, 0.29) is 5.91 Å². The summed E-state index contributed by atoms with van der Waals surface area (Å²) in [6.45, 7) is 3.48. The Bertz CT molecular complexity index is 974. The first-order valence-electron chi connectivity index (χ1n) is 8.63. The van der Waals surface area contributed by atoms with Crippen molar-refractivity contribution in [2.24, 2.45) is 0 Å². The summed E-state index contributed by atoms with van der Waals surface area (Å²) in [6, 6.07) is 12.3. The third-order valence-electron chi connectivity index (χ3n) is 4.12. The van der Waals surface area contributed by atoms with Crippen molar-refractivity contribution in [3.05, 3.63) is 80.0 Å². The van der Waals surface area contributed by atoms with Crippen LogP contribution in [-0.4, -0.2) is 15.7 Å². The number of halogens is 3. The van der Waals surface area contributed by atoms with Gasteiger partial charge in [-0.05, 0) is 58.7 Å². The van der Waals surface area contributed by atoms with Crippen LogP contribution in [0.5, 0.6) is 5.75 Å². The summed E-state index contributed by atoms with van der Waals surface area (Å²) < 4.78 is 8.43. The van der Waals surface area contributed by atoms with Crippen molar-refractivity contribution >= 4 is 45.0 Å². The zero-order chi connectivity index (χ0) is 20.1. The molecule has 2 aromatic carbocycles. The molecule has 28 heavy (non-hydrogen) atoms. The molecule has 0 spiro atoms. The average Bonchev–Trinajstić information content (AvgIpc) is 3.05. The van der Waals surface area contributed by atoms with E-state index in [0.29, 0.717) is 34.5 Å². The lowest BCUT2D eigenvalue weighted by Gasteiger charge is -2.10. The topological polar surface area (TPSA) is 56.2 Å². The summed E-state index contributed by atoms with van der Waals surface area (Å²) in [5.41, 5.74) is 2.43. The molecule has 0 aliphatic carbocycles. The van der Waals surface area contributed by atoms with Crippen molar-refractivity contribution in [3.8, 4) is 5.75 Å². The lowest BCUT2D eigenvalue weighted by molar-refractivity contribution is 0.0949. The highest BCUT2D eigenvalue weighted by Gasteiger charge is 2.11. The van der Waals surface area contributed by atoms with Gasteiger partial charge in [0, 0.05) is 17.1 Å². The molecule has 8 heteroatoms. The van der Waals surface area contributed by atoms with Crippen LogP contribution in [0.2, 0.25) is 10.0 Å². The molecular weight excluding hydrogens is 465 g/mol. The highest BCUT2D eigenvalue weighted by Crippen LogP contribution is 2.28. The molecule has 1 heterocycles. The summed E-state index contributed by atoms with van der Waals surface area (Å²) >= 11 is 15.4. The number of hydrogen-bond acceptors (Lipinski definition) is 3. The van der Waals surface area contributed by atoms with E-state index in [0.717, 1.165) is 22.3 Å². The van der Waals surface area contributed by atoms with Crippen molar-refractivity contribution < 1.29 is 9.53 Å². The third-order valence-corrected chi connectivity index (χ3v) is 5.31. The third kappa shape index (κ3) is 5.07. The largest absolute Gasteiger partial charge is 0.487 e. The predicted molar refractivity (Wildman–Crippen MR) is 114 cm³/mol. The SMILES string of the molecule is CCn1ncc(Br)c1CNC(=O)c1ccc(COc2ccc(Cl)cc2Cl)cc1. The quantitative estimate of drug-likeness (QED) is 0.485. The van der Waals surface area contributed by atoms with Crippen LogP contribution in [0.3, 0.4) is 0 Å². The van der Waals surface area contributed by atoms with Crippen LogP contribution < -0.4 is 10.1 Å². The normalized spacial score (nSPS) is 10.7. The highest BCUT2D eigenvalue weighted by atomic mass is 79.9. The maximum absolute atomic E-state index is 12.4. The fourth-order valence-corrected chi connectivity index (χ4v) is 3.51. The first-order valence-corrected chi connectivity index (χ1v) is 10.2. The molecule has 5 nitrogen and oxygen atoms in total. The minimum absolute atomic E-state index is 0.149. The van der Waals surface area contributed by atoms with Crippen LogP contribution in [0.1, 0.15) is 28.5 Å². The number of nitrogens with zero attached hydrogens (tertiary/aromatic N) is 2. The molecule has 0 aliphatic heterocycles. The van der Waals surface area contributed by atoms with E-state index >= 15 is 0 Å². The number of ether oxygens (including phenoxy) is 1. The summed E-state index contributed by atoms with van der Waals surface area (Å²) in [4.78, 5) is 12.4. The molecular formula is C20H18BrCl2N3O2. The van der Waals surface area contributed by atoms with Gasteiger partial charge in [-0.1, -0.05) is 35.3 Å². The van der Waals surface area contributed by atoms with Gasteiger partial charge >= 0.3 is 0 Å². The zero-order valence-corrected chi connectivity index (χ0v) is 18.2. The van der Waals surface area contributed by atoms with Crippen molar-refractivity contribution in [1.29, 1.82) is 0 Å². The average molecular weight is 483 g/mol. The molecule has 0 saturated carbocycles. The van der Waals surface area contributed by atoms with Crippen molar-refractivity contribution in [3.63, 3.8) is 0 Å². The fraction of sp³-hybridized carbons (Fsp3) is 0.200.